The number of thiophene rings is 2. The van der Waals surface area contributed by atoms with Gasteiger partial charge in [-0.15, -0.1) is 22.7 Å². The van der Waals surface area contributed by atoms with Crippen molar-refractivity contribution in [2.45, 2.75) is 23.5 Å². The van der Waals surface area contributed by atoms with Crippen molar-refractivity contribution in [3.63, 3.8) is 0 Å². The number of nitrogens with zero attached hydrogens (tertiary/aromatic N) is 5. The second kappa shape index (κ2) is 7.87. The van der Waals surface area contributed by atoms with Crippen LogP contribution in [-0.4, -0.2) is 53.9 Å². The average Bonchev–Trinajstić information content (AvgIpc) is 3.57. The molecule has 2 aliphatic rings. The van der Waals surface area contributed by atoms with E-state index < -0.39 is 10.0 Å². The van der Waals surface area contributed by atoms with Crippen LogP contribution in [-0.2, 0) is 22.9 Å². The molecule has 4 aromatic heterocycles. The normalized spacial score (nSPS) is 17.2. The van der Waals surface area contributed by atoms with Crippen molar-refractivity contribution in [2.75, 3.05) is 31.1 Å². The number of sulfonamides is 1. The number of rotatable bonds is 4. The fourth-order valence-corrected chi connectivity index (χ4v) is 8.33. The Morgan fingerprint density at radius 1 is 1.00 bits per heavy atom. The van der Waals surface area contributed by atoms with Gasteiger partial charge in [-0.3, -0.25) is 4.98 Å². The van der Waals surface area contributed by atoms with Crippen molar-refractivity contribution in [3.05, 3.63) is 52.5 Å². The molecule has 0 atom stereocenters. The molecule has 7 nitrogen and oxygen atoms in total. The molecule has 1 fully saturated rings. The summed E-state index contributed by atoms with van der Waals surface area (Å²) in [5, 5.41) is 2.96. The van der Waals surface area contributed by atoms with E-state index in [9.17, 15) is 8.42 Å². The van der Waals surface area contributed by atoms with Gasteiger partial charge in [-0.1, -0.05) is 6.07 Å². The highest BCUT2D eigenvalue weighted by Crippen LogP contribution is 2.41. The molecule has 32 heavy (non-hydrogen) atoms. The first-order valence-electron chi connectivity index (χ1n) is 10.6. The molecular weight excluding hydrogens is 462 g/mol. The molecular formula is C22H21N5O2S3. The van der Waals surface area contributed by atoms with Gasteiger partial charge in [-0.25, -0.2) is 18.4 Å². The highest BCUT2D eigenvalue weighted by molar-refractivity contribution is 7.91. The maximum atomic E-state index is 12.9. The molecule has 0 N–H and O–H groups in total. The van der Waals surface area contributed by atoms with Gasteiger partial charge in [0.15, 0.2) is 5.82 Å². The second-order valence-electron chi connectivity index (χ2n) is 7.97. The van der Waals surface area contributed by atoms with E-state index in [-0.39, 0.29) is 0 Å². The molecule has 0 bridgehead atoms. The van der Waals surface area contributed by atoms with Gasteiger partial charge in [-0.05, 0) is 48.4 Å². The lowest BCUT2D eigenvalue weighted by atomic mass is 10.1. The molecule has 1 aliphatic carbocycles. The van der Waals surface area contributed by atoms with Gasteiger partial charge in [0.2, 0.25) is 0 Å². The predicted molar refractivity (Wildman–Crippen MR) is 128 cm³/mol. The number of hydrogen-bond donors (Lipinski definition) is 0. The lowest BCUT2D eigenvalue weighted by molar-refractivity contribution is 0.385. The predicted octanol–water partition coefficient (Wildman–Crippen LogP) is 3.81. The topological polar surface area (TPSA) is 79.3 Å². The Labute approximate surface area is 194 Å². The lowest BCUT2D eigenvalue weighted by Crippen LogP contribution is -2.48. The van der Waals surface area contributed by atoms with Crippen molar-refractivity contribution in [2.24, 2.45) is 0 Å². The zero-order valence-electron chi connectivity index (χ0n) is 17.3. The van der Waals surface area contributed by atoms with Crippen molar-refractivity contribution in [1.29, 1.82) is 0 Å². The van der Waals surface area contributed by atoms with Crippen LogP contribution < -0.4 is 4.90 Å². The number of piperazine rings is 1. The van der Waals surface area contributed by atoms with Gasteiger partial charge in [-0.2, -0.15) is 4.31 Å². The third-order valence-corrected chi connectivity index (χ3v) is 10.6. The largest absolute Gasteiger partial charge is 0.353 e. The van der Waals surface area contributed by atoms with Crippen LogP contribution in [0.3, 0.4) is 0 Å². The van der Waals surface area contributed by atoms with E-state index in [1.807, 2.05) is 12.1 Å². The summed E-state index contributed by atoms with van der Waals surface area (Å²) in [6.07, 6.45) is 6.87. The first-order valence-corrected chi connectivity index (χ1v) is 13.8. The summed E-state index contributed by atoms with van der Waals surface area (Å²) < 4.78 is 27.9. The summed E-state index contributed by atoms with van der Waals surface area (Å²) >= 11 is 3.04. The Morgan fingerprint density at radius 3 is 2.62 bits per heavy atom. The molecule has 0 spiro atoms. The quantitative estimate of drug-likeness (QED) is 0.439. The third kappa shape index (κ3) is 3.33. The SMILES string of the molecule is O=S(=O)(c1cccs1)N1CCN(c2nc(-c3cccnc3)nc3sc4c(c23)CCC4)CC1. The van der Waals surface area contributed by atoms with Gasteiger partial charge >= 0.3 is 0 Å². The third-order valence-electron chi connectivity index (χ3n) is 6.09. The van der Waals surface area contributed by atoms with Gasteiger partial charge in [0.25, 0.3) is 10.0 Å². The highest BCUT2D eigenvalue weighted by atomic mass is 32.2. The summed E-state index contributed by atoms with van der Waals surface area (Å²) in [7, 11) is -3.43. The molecule has 0 aromatic carbocycles. The van der Waals surface area contributed by atoms with E-state index in [1.165, 1.54) is 28.2 Å². The van der Waals surface area contributed by atoms with E-state index in [0.717, 1.165) is 34.4 Å². The molecule has 6 rings (SSSR count). The smallest absolute Gasteiger partial charge is 0.252 e. The van der Waals surface area contributed by atoms with Gasteiger partial charge in [0, 0.05) is 49.0 Å². The second-order valence-corrected chi connectivity index (χ2v) is 12.2. The van der Waals surface area contributed by atoms with Crippen molar-refractivity contribution >= 4 is 48.7 Å². The Kier molecular flexibility index (Phi) is 4.98. The summed E-state index contributed by atoms with van der Waals surface area (Å²) in [5.41, 5.74) is 2.27. The molecule has 10 heteroatoms. The van der Waals surface area contributed by atoms with Crippen molar-refractivity contribution < 1.29 is 8.42 Å². The van der Waals surface area contributed by atoms with Gasteiger partial charge in [0.1, 0.15) is 14.9 Å². The van der Waals surface area contributed by atoms with Crippen LogP contribution in [0.4, 0.5) is 5.82 Å². The first-order chi connectivity index (χ1) is 15.6. The summed E-state index contributed by atoms with van der Waals surface area (Å²) in [5.74, 6) is 1.61. The first kappa shape index (κ1) is 20.2. The maximum absolute atomic E-state index is 12.9. The monoisotopic (exact) mass is 483 g/mol. The van der Waals surface area contributed by atoms with E-state index in [2.05, 4.69) is 9.88 Å². The number of aryl methyl sites for hydroxylation is 2. The van der Waals surface area contributed by atoms with Crippen LogP contribution in [0.25, 0.3) is 21.6 Å². The molecule has 1 aliphatic heterocycles. The zero-order chi connectivity index (χ0) is 21.7. The van der Waals surface area contributed by atoms with Crippen LogP contribution in [0.5, 0.6) is 0 Å². The minimum Gasteiger partial charge on any atom is -0.353 e. The summed E-state index contributed by atoms with van der Waals surface area (Å²) in [6.45, 7) is 2.10. The van der Waals surface area contributed by atoms with Crippen molar-refractivity contribution in [3.8, 4) is 11.4 Å². The number of fused-ring (bicyclic) bond motifs is 3. The van der Waals surface area contributed by atoms with Crippen LogP contribution in [0.15, 0.2) is 46.2 Å². The zero-order valence-corrected chi connectivity index (χ0v) is 19.7. The minimum atomic E-state index is -3.43. The van der Waals surface area contributed by atoms with Crippen LogP contribution in [0.1, 0.15) is 16.9 Å². The fraction of sp³-hybridized carbons (Fsp3) is 0.318. The highest BCUT2D eigenvalue weighted by Gasteiger charge is 2.32. The minimum absolute atomic E-state index is 0.407. The van der Waals surface area contributed by atoms with Gasteiger partial charge < -0.3 is 4.90 Å². The van der Waals surface area contributed by atoms with Crippen LogP contribution in [0.2, 0.25) is 0 Å². The van der Waals surface area contributed by atoms with Crippen LogP contribution in [0, 0.1) is 0 Å². The Balaban J connectivity index is 1.37. The van der Waals surface area contributed by atoms with Crippen molar-refractivity contribution in [1.82, 2.24) is 19.3 Å². The summed E-state index contributed by atoms with van der Waals surface area (Å²) in [4.78, 5) is 18.8. The van der Waals surface area contributed by atoms with E-state index in [1.54, 1.807) is 45.5 Å². The molecule has 0 unspecified atom stereocenters. The molecule has 0 saturated carbocycles. The molecule has 0 amide bonds. The molecule has 4 aromatic rings. The van der Waals surface area contributed by atoms with E-state index >= 15 is 0 Å². The fourth-order valence-electron chi connectivity index (χ4n) is 4.51. The van der Waals surface area contributed by atoms with Crippen LogP contribution >= 0.6 is 22.7 Å². The summed E-state index contributed by atoms with van der Waals surface area (Å²) in [6, 6.07) is 7.33. The number of hydrogen-bond acceptors (Lipinski definition) is 8. The Hall–Kier alpha value is -2.40. The van der Waals surface area contributed by atoms with Gasteiger partial charge in [0.05, 0.1) is 5.39 Å². The standard InChI is InChI=1S/C22H21N5O2S3/c28-32(29,18-7-3-13-30-18)27-11-9-26(10-12-27)21-19-16-5-1-6-17(16)31-22(19)25-20(24-21)15-4-2-8-23-14-15/h2-4,7-8,13-14H,1,5-6,9-12H2. The molecule has 1 saturated heterocycles. The lowest BCUT2D eigenvalue weighted by Gasteiger charge is -2.35. The molecule has 164 valence electrons. The van der Waals surface area contributed by atoms with E-state index in [4.69, 9.17) is 9.97 Å². The molecule has 5 heterocycles. The van der Waals surface area contributed by atoms with E-state index in [0.29, 0.717) is 36.2 Å². The number of pyridine rings is 1. The molecule has 0 radical (unpaired) electrons. The number of anilines is 1. The maximum Gasteiger partial charge on any atom is 0.252 e. The average molecular weight is 484 g/mol. The Morgan fingerprint density at radius 2 is 1.88 bits per heavy atom. The Bertz CT molecular complexity index is 1380. The number of aromatic nitrogens is 3.